The maximum absolute atomic E-state index is 10.5. The lowest BCUT2D eigenvalue weighted by molar-refractivity contribution is -0.127. The summed E-state index contributed by atoms with van der Waals surface area (Å²) in [6.45, 7) is 13.5. The summed E-state index contributed by atoms with van der Waals surface area (Å²) >= 11 is 0. The Morgan fingerprint density at radius 1 is 1.14 bits per heavy atom. The maximum atomic E-state index is 10.5. The Morgan fingerprint density at radius 2 is 1.86 bits per heavy atom. The van der Waals surface area contributed by atoms with Crippen molar-refractivity contribution >= 4 is 0 Å². The first-order chi connectivity index (χ1) is 9.73. The molecule has 3 aliphatic rings. The second kappa shape index (κ2) is 4.72. The summed E-state index contributed by atoms with van der Waals surface area (Å²) in [5.74, 6) is 1.39. The molecule has 0 aromatic rings. The summed E-state index contributed by atoms with van der Waals surface area (Å²) in [4.78, 5) is 0. The number of hydrogen-bond acceptors (Lipinski definition) is 1. The minimum atomic E-state index is -0.122. The lowest BCUT2D eigenvalue weighted by atomic mass is 9.45. The number of hydrogen-bond donors (Lipinski definition) is 1. The summed E-state index contributed by atoms with van der Waals surface area (Å²) in [7, 11) is 0. The second-order valence-electron chi connectivity index (χ2n) is 8.99. The minimum absolute atomic E-state index is 0.0672. The van der Waals surface area contributed by atoms with Gasteiger partial charge in [-0.25, -0.2) is 0 Å². The van der Waals surface area contributed by atoms with Crippen LogP contribution in [-0.4, -0.2) is 11.2 Å². The molecule has 1 nitrogen and oxygen atoms in total. The highest BCUT2D eigenvalue weighted by Gasteiger charge is 2.56. The summed E-state index contributed by atoms with van der Waals surface area (Å²) in [6.07, 6.45) is 11.7. The lowest BCUT2D eigenvalue weighted by Gasteiger charge is -2.60. The van der Waals surface area contributed by atoms with Crippen LogP contribution in [0.15, 0.2) is 24.3 Å². The molecule has 0 bridgehead atoms. The molecule has 0 aromatic carbocycles. The maximum Gasteiger partial charge on any atom is 0.0594 e. The molecular formula is C20H32O. The van der Waals surface area contributed by atoms with Gasteiger partial charge in [-0.2, -0.15) is 0 Å². The van der Waals surface area contributed by atoms with Crippen LogP contribution in [0.5, 0.6) is 0 Å². The molecule has 0 aromatic heterocycles. The lowest BCUT2D eigenvalue weighted by Crippen LogP contribution is -2.55. The number of allylic oxidation sites excluding steroid dienone is 3. The van der Waals surface area contributed by atoms with Gasteiger partial charge in [0.15, 0.2) is 0 Å². The van der Waals surface area contributed by atoms with E-state index in [1.54, 1.807) is 5.57 Å². The van der Waals surface area contributed by atoms with E-state index in [1.165, 1.54) is 32.1 Å². The van der Waals surface area contributed by atoms with Crippen molar-refractivity contribution in [3.63, 3.8) is 0 Å². The van der Waals surface area contributed by atoms with E-state index in [0.29, 0.717) is 11.3 Å². The Morgan fingerprint density at radius 3 is 2.52 bits per heavy atom. The number of rotatable bonds is 1. The molecule has 5 atom stereocenters. The van der Waals surface area contributed by atoms with E-state index in [0.717, 1.165) is 12.3 Å². The van der Waals surface area contributed by atoms with Crippen molar-refractivity contribution in [2.24, 2.45) is 28.1 Å². The van der Waals surface area contributed by atoms with Crippen molar-refractivity contribution in [3.8, 4) is 0 Å². The molecule has 21 heavy (non-hydrogen) atoms. The average Bonchev–Trinajstić information content (AvgIpc) is 2.43. The highest BCUT2D eigenvalue weighted by molar-refractivity contribution is 5.26. The topological polar surface area (TPSA) is 20.2 Å². The van der Waals surface area contributed by atoms with Crippen LogP contribution in [0.2, 0.25) is 0 Å². The van der Waals surface area contributed by atoms with Crippen molar-refractivity contribution < 1.29 is 5.11 Å². The Hall–Kier alpha value is -0.560. The largest absolute Gasteiger partial charge is 0.393 e. The van der Waals surface area contributed by atoms with Crippen molar-refractivity contribution in [1.82, 2.24) is 0 Å². The first kappa shape index (κ1) is 15.3. The van der Waals surface area contributed by atoms with E-state index in [4.69, 9.17) is 0 Å². The predicted molar refractivity (Wildman–Crippen MR) is 89.0 cm³/mol. The molecule has 0 aliphatic heterocycles. The zero-order valence-corrected chi connectivity index (χ0v) is 14.3. The third-order valence-corrected chi connectivity index (χ3v) is 7.43. The molecule has 3 aliphatic carbocycles. The normalized spacial score (nSPS) is 48.8. The van der Waals surface area contributed by atoms with Crippen LogP contribution in [0.4, 0.5) is 0 Å². The van der Waals surface area contributed by atoms with Crippen molar-refractivity contribution in [1.29, 1.82) is 0 Å². The number of aliphatic hydroxyl groups excluding tert-OH is 1. The Bertz CT molecular complexity index is 474. The van der Waals surface area contributed by atoms with Gasteiger partial charge < -0.3 is 5.11 Å². The number of aliphatic hydroxyl groups is 1. The van der Waals surface area contributed by atoms with E-state index in [-0.39, 0.29) is 16.9 Å². The van der Waals surface area contributed by atoms with Crippen LogP contribution in [0.25, 0.3) is 0 Å². The fourth-order valence-corrected chi connectivity index (χ4v) is 5.90. The smallest absolute Gasteiger partial charge is 0.0594 e. The van der Waals surface area contributed by atoms with Crippen LogP contribution >= 0.6 is 0 Å². The molecule has 0 radical (unpaired) electrons. The molecule has 1 heteroatoms. The van der Waals surface area contributed by atoms with Crippen LogP contribution in [-0.2, 0) is 0 Å². The molecule has 2 saturated carbocycles. The van der Waals surface area contributed by atoms with Gasteiger partial charge in [0.2, 0.25) is 0 Å². The summed E-state index contributed by atoms with van der Waals surface area (Å²) in [5.41, 5.74) is 2.35. The van der Waals surface area contributed by atoms with E-state index in [2.05, 4.69) is 46.4 Å². The van der Waals surface area contributed by atoms with E-state index in [1.807, 2.05) is 0 Å². The van der Waals surface area contributed by atoms with Crippen molar-refractivity contribution in [3.05, 3.63) is 24.3 Å². The number of fused-ring (bicyclic) bond motifs is 3. The van der Waals surface area contributed by atoms with Gasteiger partial charge in [-0.15, -0.1) is 6.58 Å². The highest BCUT2D eigenvalue weighted by Crippen LogP contribution is 2.63. The van der Waals surface area contributed by atoms with Crippen LogP contribution in [0.1, 0.15) is 66.2 Å². The third-order valence-electron chi connectivity index (χ3n) is 7.43. The molecule has 0 amide bonds. The fourth-order valence-electron chi connectivity index (χ4n) is 5.90. The molecule has 0 saturated heterocycles. The van der Waals surface area contributed by atoms with E-state index in [9.17, 15) is 5.11 Å². The summed E-state index contributed by atoms with van der Waals surface area (Å²) < 4.78 is 0. The van der Waals surface area contributed by atoms with Gasteiger partial charge in [0, 0.05) is 5.41 Å². The molecule has 0 heterocycles. The predicted octanol–water partition coefficient (Wildman–Crippen LogP) is 5.11. The van der Waals surface area contributed by atoms with Crippen molar-refractivity contribution in [2.75, 3.05) is 0 Å². The van der Waals surface area contributed by atoms with E-state index >= 15 is 0 Å². The highest BCUT2D eigenvalue weighted by atomic mass is 16.3. The second-order valence-corrected chi connectivity index (χ2v) is 8.99. The molecule has 1 N–H and O–H groups in total. The molecule has 3 rings (SSSR count). The van der Waals surface area contributed by atoms with Gasteiger partial charge in [0.05, 0.1) is 6.10 Å². The standard InChI is InChI=1S/C20H32O/c1-6-19(4)11-9-15-14(13-19)7-8-16-18(2,3)17(21)10-12-20(15,16)5/h6,13,15-17,21H,1,7-12H2,2-5H3/t15-,16-,17-,19-,20+/m1/s1. The third kappa shape index (κ3) is 2.15. The van der Waals surface area contributed by atoms with Gasteiger partial charge in [0.25, 0.3) is 0 Å². The SMILES string of the molecule is C=C[C@@]1(C)C=C2CC[C@@H]3C(C)(C)[C@H](O)CC[C@@]3(C)[C@@H]2CC1. The first-order valence-electron chi connectivity index (χ1n) is 8.76. The van der Waals surface area contributed by atoms with Crippen LogP contribution in [0, 0.1) is 28.1 Å². The van der Waals surface area contributed by atoms with Gasteiger partial charge in [-0.05, 0) is 61.2 Å². The van der Waals surface area contributed by atoms with Crippen LogP contribution < -0.4 is 0 Å². The quantitative estimate of drug-likeness (QED) is 0.665. The Balaban J connectivity index is 1.97. The monoisotopic (exact) mass is 288 g/mol. The average molecular weight is 288 g/mol. The summed E-state index contributed by atoms with van der Waals surface area (Å²) in [5, 5.41) is 10.5. The van der Waals surface area contributed by atoms with E-state index < -0.39 is 0 Å². The molecule has 0 spiro atoms. The molecule has 0 unspecified atom stereocenters. The molecular weight excluding hydrogens is 256 g/mol. The zero-order valence-electron chi connectivity index (χ0n) is 14.3. The fraction of sp³-hybridized carbons (Fsp3) is 0.800. The summed E-state index contributed by atoms with van der Waals surface area (Å²) in [6, 6.07) is 0. The Kier molecular flexibility index (Phi) is 3.44. The first-order valence-corrected chi connectivity index (χ1v) is 8.76. The minimum Gasteiger partial charge on any atom is -0.393 e. The van der Waals surface area contributed by atoms with Crippen molar-refractivity contribution in [2.45, 2.75) is 72.3 Å². The van der Waals surface area contributed by atoms with Gasteiger partial charge >= 0.3 is 0 Å². The zero-order chi connectivity index (χ0) is 15.5. The van der Waals surface area contributed by atoms with Crippen LogP contribution in [0.3, 0.4) is 0 Å². The Labute approximate surface area is 130 Å². The van der Waals surface area contributed by atoms with Gasteiger partial charge in [0.1, 0.15) is 0 Å². The molecule has 118 valence electrons. The van der Waals surface area contributed by atoms with Gasteiger partial charge in [-0.3, -0.25) is 0 Å². The van der Waals surface area contributed by atoms with Gasteiger partial charge in [-0.1, -0.05) is 45.4 Å². The molecule has 2 fully saturated rings.